The molecule has 3 nitrogen and oxygen atoms in total. The second-order valence-electron chi connectivity index (χ2n) is 4.14. The van der Waals surface area contributed by atoms with Crippen LogP contribution in [0.5, 0.6) is 0 Å². The summed E-state index contributed by atoms with van der Waals surface area (Å²) in [5.74, 6) is 0. The van der Waals surface area contributed by atoms with Crippen molar-refractivity contribution in [1.82, 2.24) is 10.2 Å². The highest BCUT2D eigenvalue weighted by atomic mass is 15.1. The predicted octanol–water partition coefficient (Wildman–Crippen LogP) is 3.12. The summed E-state index contributed by atoms with van der Waals surface area (Å²) in [5.41, 5.74) is 9.57. The number of anilines is 1. The number of aromatic amines is 1. The van der Waals surface area contributed by atoms with E-state index < -0.39 is 0 Å². The molecule has 1 heterocycles. The van der Waals surface area contributed by atoms with Crippen molar-refractivity contribution in [3.63, 3.8) is 0 Å². The molecule has 84 valence electrons. The number of aromatic nitrogens is 2. The lowest BCUT2D eigenvalue weighted by molar-refractivity contribution is 1.05. The van der Waals surface area contributed by atoms with E-state index in [1.807, 2.05) is 31.2 Å². The molecule has 0 radical (unpaired) electrons. The smallest absolute Gasteiger partial charge is 0.116 e. The largest absolute Gasteiger partial charge is 0.395 e. The van der Waals surface area contributed by atoms with Gasteiger partial charge in [-0.2, -0.15) is 5.10 Å². The number of hydrogen-bond acceptors (Lipinski definition) is 2. The molecule has 0 aliphatic rings. The molecular weight excluding hydrogens is 210 g/mol. The van der Waals surface area contributed by atoms with Gasteiger partial charge in [0.1, 0.15) is 5.69 Å². The summed E-state index contributed by atoms with van der Waals surface area (Å²) in [6.45, 7) is 1.93. The first-order chi connectivity index (χ1) is 8.27. The first-order valence-electron chi connectivity index (χ1n) is 5.56. The van der Waals surface area contributed by atoms with Crippen molar-refractivity contribution in [1.29, 1.82) is 0 Å². The first-order valence-corrected chi connectivity index (χ1v) is 5.56. The van der Waals surface area contributed by atoms with Gasteiger partial charge in [0.25, 0.3) is 0 Å². The SMILES string of the molecule is Cc1[nH]nc(-c2cccc3ccccc23)c1N. The van der Waals surface area contributed by atoms with Crippen LogP contribution in [0.3, 0.4) is 0 Å². The van der Waals surface area contributed by atoms with Crippen molar-refractivity contribution in [2.24, 2.45) is 0 Å². The zero-order valence-electron chi connectivity index (χ0n) is 9.57. The van der Waals surface area contributed by atoms with Gasteiger partial charge in [0.2, 0.25) is 0 Å². The molecule has 0 bridgehead atoms. The molecule has 17 heavy (non-hydrogen) atoms. The standard InChI is InChI=1S/C14H13N3/c1-9-13(15)14(17-16-9)12-8-4-6-10-5-2-3-7-11(10)12/h2-8H,15H2,1H3,(H,16,17). The van der Waals surface area contributed by atoms with E-state index >= 15 is 0 Å². The van der Waals surface area contributed by atoms with Crippen molar-refractivity contribution in [3.05, 3.63) is 48.2 Å². The van der Waals surface area contributed by atoms with Crippen LogP contribution in [-0.4, -0.2) is 10.2 Å². The lowest BCUT2D eigenvalue weighted by Gasteiger charge is -2.04. The van der Waals surface area contributed by atoms with Crippen molar-refractivity contribution < 1.29 is 0 Å². The van der Waals surface area contributed by atoms with Crippen LogP contribution < -0.4 is 5.73 Å². The van der Waals surface area contributed by atoms with Crippen molar-refractivity contribution >= 4 is 16.5 Å². The molecule has 0 aliphatic heterocycles. The number of fused-ring (bicyclic) bond motifs is 1. The van der Waals surface area contributed by atoms with E-state index in [4.69, 9.17) is 5.73 Å². The Hall–Kier alpha value is -2.29. The summed E-state index contributed by atoms with van der Waals surface area (Å²) in [5, 5.41) is 9.58. The Morgan fingerprint density at radius 2 is 1.82 bits per heavy atom. The molecular formula is C14H13N3. The molecule has 3 rings (SSSR count). The third-order valence-electron chi connectivity index (χ3n) is 3.04. The van der Waals surface area contributed by atoms with Crippen molar-refractivity contribution in [2.75, 3.05) is 5.73 Å². The van der Waals surface area contributed by atoms with E-state index in [0.29, 0.717) is 0 Å². The molecule has 3 N–H and O–H groups in total. The Morgan fingerprint density at radius 3 is 2.59 bits per heavy atom. The van der Waals surface area contributed by atoms with Crippen LogP contribution in [0.15, 0.2) is 42.5 Å². The first kappa shape index (κ1) is 9.90. The fourth-order valence-corrected chi connectivity index (χ4v) is 2.08. The third-order valence-corrected chi connectivity index (χ3v) is 3.04. The van der Waals surface area contributed by atoms with Crippen molar-refractivity contribution in [2.45, 2.75) is 6.92 Å². The highest BCUT2D eigenvalue weighted by Crippen LogP contribution is 2.31. The van der Waals surface area contributed by atoms with Gasteiger partial charge in [-0.05, 0) is 17.7 Å². The third kappa shape index (κ3) is 1.47. The normalized spacial score (nSPS) is 10.9. The summed E-state index contributed by atoms with van der Waals surface area (Å²) in [6, 6.07) is 14.4. The topological polar surface area (TPSA) is 54.7 Å². The highest BCUT2D eigenvalue weighted by Gasteiger charge is 2.11. The Balaban J connectivity index is 2.34. The molecule has 2 aromatic carbocycles. The van der Waals surface area contributed by atoms with Gasteiger partial charge in [-0.25, -0.2) is 0 Å². The maximum absolute atomic E-state index is 6.03. The van der Waals surface area contributed by atoms with E-state index in [2.05, 4.69) is 28.4 Å². The number of H-pyrrole nitrogens is 1. The highest BCUT2D eigenvalue weighted by molar-refractivity contribution is 5.98. The number of aryl methyl sites for hydroxylation is 1. The molecule has 1 aromatic heterocycles. The molecule has 0 atom stereocenters. The summed E-state index contributed by atoms with van der Waals surface area (Å²) in [7, 11) is 0. The minimum atomic E-state index is 0.723. The van der Waals surface area contributed by atoms with E-state index in [9.17, 15) is 0 Å². The van der Waals surface area contributed by atoms with Gasteiger partial charge in [-0.3, -0.25) is 5.10 Å². The number of benzene rings is 2. The Morgan fingerprint density at radius 1 is 1.06 bits per heavy atom. The van der Waals surface area contributed by atoms with Gasteiger partial charge >= 0.3 is 0 Å². The molecule has 0 saturated heterocycles. The van der Waals surface area contributed by atoms with Crippen LogP contribution in [0.2, 0.25) is 0 Å². The quantitative estimate of drug-likeness (QED) is 0.666. The van der Waals surface area contributed by atoms with E-state index in [1.54, 1.807) is 0 Å². The number of rotatable bonds is 1. The second kappa shape index (κ2) is 3.63. The minimum Gasteiger partial charge on any atom is -0.395 e. The predicted molar refractivity (Wildman–Crippen MR) is 70.7 cm³/mol. The van der Waals surface area contributed by atoms with E-state index in [1.165, 1.54) is 10.8 Å². The average molecular weight is 223 g/mol. The van der Waals surface area contributed by atoms with Gasteiger partial charge in [0, 0.05) is 5.56 Å². The number of nitrogens with one attached hydrogen (secondary N) is 1. The number of nitrogen functional groups attached to an aromatic ring is 1. The van der Waals surface area contributed by atoms with Gasteiger partial charge in [-0.15, -0.1) is 0 Å². The number of nitrogens with zero attached hydrogens (tertiary/aromatic N) is 1. The molecule has 0 unspecified atom stereocenters. The van der Waals surface area contributed by atoms with Crippen LogP contribution in [0.4, 0.5) is 5.69 Å². The van der Waals surface area contributed by atoms with Gasteiger partial charge in [0.05, 0.1) is 11.4 Å². The summed E-state index contributed by atoms with van der Waals surface area (Å²) in [4.78, 5) is 0. The Kier molecular flexibility index (Phi) is 2.11. The van der Waals surface area contributed by atoms with Crippen LogP contribution in [0, 0.1) is 6.92 Å². The second-order valence-corrected chi connectivity index (χ2v) is 4.14. The van der Waals surface area contributed by atoms with Crippen LogP contribution >= 0.6 is 0 Å². The lowest BCUT2D eigenvalue weighted by Crippen LogP contribution is -1.89. The fraction of sp³-hybridized carbons (Fsp3) is 0.0714. The van der Waals surface area contributed by atoms with Crippen LogP contribution in [0.25, 0.3) is 22.0 Å². The molecule has 0 fully saturated rings. The Bertz CT molecular complexity index is 678. The molecule has 0 amide bonds. The van der Waals surface area contributed by atoms with Gasteiger partial charge in [-0.1, -0.05) is 42.5 Å². The van der Waals surface area contributed by atoms with Gasteiger partial charge in [0.15, 0.2) is 0 Å². The molecule has 3 heteroatoms. The summed E-state index contributed by atoms with van der Waals surface area (Å²) in [6.07, 6.45) is 0. The van der Waals surface area contributed by atoms with Crippen LogP contribution in [-0.2, 0) is 0 Å². The zero-order chi connectivity index (χ0) is 11.8. The molecule has 0 aliphatic carbocycles. The zero-order valence-corrected chi connectivity index (χ0v) is 9.57. The van der Waals surface area contributed by atoms with E-state index in [0.717, 1.165) is 22.6 Å². The van der Waals surface area contributed by atoms with Crippen molar-refractivity contribution in [3.8, 4) is 11.3 Å². The Labute approximate surface area is 99.3 Å². The molecule has 3 aromatic rings. The van der Waals surface area contributed by atoms with Gasteiger partial charge < -0.3 is 5.73 Å². The number of nitrogens with two attached hydrogens (primary N) is 1. The maximum Gasteiger partial charge on any atom is 0.116 e. The van der Waals surface area contributed by atoms with E-state index in [-0.39, 0.29) is 0 Å². The fourth-order valence-electron chi connectivity index (χ4n) is 2.08. The summed E-state index contributed by atoms with van der Waals surface area (Å²) >= 11 is 0. The van der Waals surface area contributed by atoms with Crippen LogP contribution in [0.1, 0.15) is 5.69 Å². The number of hydrogen-bond donors (Lipinski definition) is 2. The lowest BCUT2D eigenvalue weighted by atomic mass is 10.0. The molecule has 0 saturated carbocycles. The summed E-state index contributed by atoms with van der Waals surface area (Å²) < 4.78 is 0. The molecule has 0 spiro atoms. The average Bonchev–Trinajstić information content (AvgIpc) is 2.69. The minimum absolute atomic E-state index is 0.723. The maximum atomic E-state index is 6.03. The monoisotopic (exact) mass is 223 g/mol.